The lowest BCUT2D eigenvalue weighted by Crippen LogP contribution is -2.51. The predicted octanol–water partition coefficient (Wildman–Crippen LogP) is 4.96. The van der Waals surface area contributed by atoms with Crippen LogP contribution in [0.2, 0.25) is 0 Å². The zero-order valence-electron chi connectivity index (χ0n) is 25.2. The number of methoxy groups -OCH3 is 1. The predicted molar refractivity (Wildman–Crippen MR) is 168 cm³/mol. The van der Waals surface area contributed by atoms with E-state index in [9.17, 15) is 18.0 Å². The highest BCUT2D eigenvalue weighted by atomic mass is 32.2. The molecule has 9 heteroatoms. The maximum Gasteiger partial charge on any atom is 0.243 e. The number of carbonyl (C=O) groups is 2. The number of ether oxygens (including phenoxy) is 1. The fourth-order valence-corrected chi connectivity index (χ4v) is 5.71. The zero-order valence-corrected chi connectivity index (χ0v) is 26.1. The molecule has 0 aromatic heterocycles. The van der Waals surface area contributed by atoms with E-state index >= 15 is 0 Å². The van der Waals surface area contributed by atoms with Gasteiger partial charge in [0, 0.05) is 38.5 Å². The zero-order chi connectivity index (χ0) is 30.7. The number of rotatable bonds is 15. The minimum atomic E-state index is -3.61. The number of hydrogen-bond acceptors (Lipinski definition) is 5. The molecule has 3 aromatic rings. The summed E-state index contributed by atoms with van der Waals surface area (Å²) in [6.07, 6.45) is 1.86. The first kappa shape index (κ1) is 32.7. The second-order valence-corrected chi connectivity index (χ2v) is 12.9. The van der Waals surface area contributed by atoms with Crippen molar-refractivity contribution >= 4 is 27.5 Å². The minimum Gasteiger partial charge on any atom is -0.497 e. The van der Waals surface area contributed by atoms with E-state index in [1.54, 1.807) is 29.2 Å². The van der Waals surface area contributed by atoms with Gasteiger partial charge in [0.1, 0.15) is 11.8 Å². The van der Waals surface area contributed by atoms with Gasteiger partial charge >= 0.3 is 0 Å². The number of carbonyl (C=O) groups excluding carboxylic acids is 2. The average molecular weight is 594 g/mol. The summed E-state index contributed by atoms with van der Waals surface area (Å²) < 4.78 is 31.9. The number of aryl methyl sites for hydroxylation is 1. The average Bonchev–Trinajstić information content (AvgIpc) is 2.95. The Morgan fingerprint density at radius 2 is 1.62 bits per heavy atom. The van der Waals surface area contributed by atoms with Crippen LogP contribution in [0.25, 0.3) is 0 Å². The Labute approximate surface area is 250 Å². The number of hydrogen-bond donors (Lipinski definition) is 1. The number of amides is 2. The molecule has 226 valence electrons. The van der Waals surface area contributed by atoms with Crippen LogP contribution < -0.4 is 14.4 Å². The molecule has 0 aliphatic carbocycles. The lowest BCUT2D eigenvalue weighted by atomic mass is 10.0. The standard InChI is InChI=1S/C33H43N3O5S/c1-25(2)23-34-33(38)31(21-27-13-7-6-8-14-27)35(24-28-15-9-12-26(3)20-28)32(37)18-11-19-36(42(5,39)40)29-16-10-17-30(22-29)41-4/h6-10,12-17,20,22,25,31H,11,18-19,21,23-24H2,1-5H3,(H,34,38)/t31-/m0/s1. The molecule has 0 bridgehead atoms. The van der Waals surface area contributed by atoms with Crippen LogP contribution in [-0.4, -0.2) is 57.6 Å². The van der Waals surface area contributed by atoms with E-state index in [1.165, 1.54) is 11.4 Å². The van der Waals surface area contributed by atoms with Crippen molar-refractivity contribution in [2.45, 2.75) is 52.6 Å². The second kappa shape index (κ2) is 15.4. The maximum atomic E-state index is 13.9. The van der Waals surface area contributed by atoms with Crippen LogP contribution in [0.1, 0.15) is 43.4 Å². The third-order valence-electron chi connectivity index (χ3n) is 6.88. The smallest absolute Gasteiger partial charge is 0.243 e. The SMILES string of the molecule is COc1cccc(N(CCCC(=O)N(Cc2cccc(C)c2)[C@@H](Cc2ccccc2)C(=O)NCC(C)C)S(C)(=O)=O)c1. The van der Waals surface area contributed by atoms with Crippen LogP contribution in [-0.2, 0) is 32.6 Å². The van der Waals surface area contributed by atoms with Crippen molar-refractivity contribution in [1.82, 2.24) is 10.2 Å². The van der Waals surface area contributed by atoms with E-state index in [4.69, 9.17) is 4.74 Å². The summed E-state index contributed by atoms with van der Waals surface area (Å²) in [5.74, 6) is 0.377. The highest BCUT2D eigenvalue weighted by Crippen LogP contribution is 2.24. The van der Waals surface area contributed by atoms with Gasteiger partial charge in [0.25, 0.3) is 0 Å². The van der Waals surface area contributed by atoms with Crippen LogP contribution in [0.5, 0.6) is 5.75 Å². The molecule has 1 atom stereocenters. The van der Waals surface area contributed by atoms with E-state index in [1.807, 2.05) is 75.4 Å². The van der Waals surface area contributed by atoms with Crippen molar-refractivity contribution in [2.75, 3.05) is 30.8 Å². The molecule has 3 aromatic carbocycles. The molecule has 0 unspecified atom stereocenters. The Morgan fingerprint density at radius 1 is 0.929 bits per heavy atom. The second-order valence-electron chi connectivity index (χ2n) is 11.0. The van der Waals surface area contributed by atoms with E-state index in [2.05, 4.69) is 5.32 Å². The van der Waals surface area contributed by atoms with Crippen LogP contribution in [0.15, 0.2) is 78.9 Å². The van der Waals surface area contributed by atoms with Crippen molar-refractivity contribution in [1.29, 1.82) is 0 Å². The summed E-state index contributed by atoms with van der Waals surface area (Å²) in [7, 11) is -2.09. The molecule has 0 fully saturated rings. The summed E-state index contributed by atoms with van der Waals surface area (Å²) in [6.45, 7) is 6.92. The van der Waals surface area contributed by atoms with Crippen molar-refractivity contribution in [2.24, 2.45) is 5.92 Å². The Kier molecular flexibility index (Phi) is 12.0. The van der Waals surface area contributed by atoms with Gasteiger partial charge in [-0.1, -0.05) is 80.1 Å². The number of benzene rings is 3. The third kappa shape index (κ3) is 9.91. The summed E-state index contributed by atoms with van der Waals surface area (Å²) >= 11 is 0. The number of anilines is 1. The molecular weight excluding hydrogens is 550 g/mol. The fraction of sp³-hybridized carbons (Fsp3) is 0.394. The summed E-state index contributed by atoms with van der Waals surface area (Å²) in [5.41, 5.74) is 3.40. The van der Waals surface area contributed by atoms with Gasteiger partial charge in [-0.3, -0.25) is 13.9 Å². The Hall–Kier alpha value is -3.85. The third-order valence-corrected chi connectivity index (χ3v) is 8.08. The first-order chi connectivity index (χ1) is 20.0. The van der Waals surface area contributed by atoms with Gasteiger partial charge in [-0.25, -0.2) is 8.42 Å². The molecule has 1 N–H and O–H groups in total. The molecule has 42 heavy (non-hydrogen) atoms. The normalized spacial score (nSPS) is 12.0. The number of nitrogens with one attached hydrogen (secondary N) is 1. The van der Waals surface area contributed by atoms with E-state index in [0.29, 0.717) is 24.4 Å². The van der Waals surface area contributed by atoms with Crippen molar-refractivity contribution in [3.05, 3.63) is 95.6 Å². The molecular formula is C33H43N3O5S. The van der Waals surface area contributed by atoms with Crippen LogP contribution in [0.4, 0.5) is 5.69 Å². The molecule has 0 heterocycles. The first-order valence-electron chi connectivity index (χ1n) is 14.3. The fourth-order valence-electron chi connectivity index (χ4n) is 4.75. The van der Waals surface area contributed by atoms with Crippen molar-refractivity contribution in [3.63, 3.8) is 0 Å². The Balaban J connectivity index is 1.88. The lowest BCUT2D eigenvalue weighted by molar-refractivity contribution is -0.141. The molecule has 0 aliphatic rings. The molecule has 0 saturated carbocycles. The quantitative estimate of drug-likeness (QED) is 0.269. The van der Waals surface area contributed by atoms with E-state index in [0.717, 1.165) is 22.9 Å². The van der Waals surface area contributed by atoms with Gasteiger partial charge in [-0.2, -0.15) is 0 Å². The molecule has 8 nitrogen and oxygen atoms in total. The highest BCUT2D eigenvalue weighted by molar-refractivity contribution is 7.92. The summed E-state index contributed by atoms with van der Waals surface area (Å²) in [6, 6.07) is 23.7. The molecule has 3 rings (SSSR count). The van der Waals surface area contributed by atoms with Crippen LogP contribution in [0, 0.1) is 12.8 Å². The monoisotopic (exact) mass is 593 g/mol. The van der Waals surface area contributed by atoms with E-state index in [-0.39, 0.29) is 43.7 Å². The highest BCUT2D eigenvalue weighted by Gasteiger charge is 2.30. The van der Waals surface area contributed by atoms with E-state index < -0.39 is 16.1 Å². The van der Waals surface area contributed by atoms with Crippen LogP contribution >= 0.6 is 0 Å². The lowest BCUT2D eigenvalue weighted by Gasteiger charge is -2.32. The number of nitrogens with zero attached hydrogens (tertiary/aromatic N) is 2. The Bertz CT molecular complexity index is 1430. The van der Waals surface area contributed by atoms with Crippen molar-refractivity contribution in [3.8, 4) is 5.75 Å². The molecule has 0 saturated heterocycles. The largest absolute Gasteiger partial charge is 0.497 e. The molecule has 2 amide bonds. The Morgan fingerprint density at radius 3 is 2.26 bits per heavy atom. The number of sulfonamides is 1. The molecule has 0 spiro atoms. The van der Waals surface area contributed by atoms with Gasteiger partial charge in [-0.05, 0) is 42.5 Å². The first-order valence-corrected chi connectivity index (χ1v) is 16.1. The van der Waals surface area contributed by atoms with Gasteiger partial charge < -0.3 is 15.0 Å². The van der Waals surface area contributed by atoms with Gasteiger partial charge in [0.05, 0.1) is 19.1 Å². The van der Waals surface area contributed by atoms with Gasteiger partial charge in [0.15, 0.2) is 0 Å². The topological polar surface area (TPSA) is 96.0 Å². The van der Waals surface area contributed by atoms with Crippen molar-refractivity contribution < 1.29 is 22.7 Å². The molecule has 0 radical (unpaired) electrons. The summed E-state index contributed by atoms with van der Waals surface area (Å²) in [5, 5.41) is 3.03. The van der Waals surface area contributed by atoms with Gasteiger partial charge in [0.2, 0.25) is 21.8 Å². The summed E-state index contributed by atoms with van der Waals surface area (Å²) in [4.78, 5) is 29.2. The molecule has 0 aliphatic heterocycles. The maximum absolute atomic E-state index is 13.9. The minimum absolute atomic E-state index is 0.0740. The van der Waals surface area contributed by atoms with Gasteiger partial charge in [-0.15, -0.1) is 0 Å². The van der Waals surface area contributed by atoms with Crippen LogP contribution in [0.3, 0.4) is 0 Å².